The second kappa shape index (κ2) is 10.7. The van der Waals surface area contributed by atoms with Gasteiger partial charge in [-0.3, -0.25) is 4.79 Å². The van der Waals surface area contributed by atoms with Crippen molar-refractivity contribution in [3.8, 4) is 0 Å². The van der Waals surface area contributed by atoms with Gasteiger partial charge in [-0.25, -0.2) is 4.79 Å². The molecule has 0 N–H and O–H groups in total. The first-order valence-electron chi connectivity index (χ1n) is 11.6. The van der Waals surface area contributed by atoms with E-state index in [9.17, 15) is 9.59 Å². The van der Waals surface area contributed by atoms with Crippen LogP contribution in [0.25, 0.3) is 0 Å². The molecule has 0 aliphatic carbocycles. The van der Waals surface area contributed by atoms with Gasteiger partial charge in [0.05, 0.1) is 13.1 Å². The molecule has 1 aromatic carbocycles. The molecule has 2 amide bonds. The number of amides is 2. The maximum Gasteiger partial charge on any atom is 0.410 e. The van der Waals surface area contributed by atoms with Crippen molar-refractivity contribution >= 4 is 12.0 Å². The number of unbranched alkanes of at least 4 members (excludes halogenated alkanes) is 2. The van der Waals surface area contributed by atoms with Crippen LogP contribution in [0.4, 0.5) is 4.79 Å². The first-order valence-corrected chi connectivity index (χ1v) is 11.6. The molecule has 6 heteroatoms. The molecule has 0 spiro atoms. The van der Waals surface area contributed by atoms with Gasteiger partial charge in [-0.05, 0) is 63.6 Å². The first-order chi connectivity index (χ1) is 15.2. The molecule has 2 aromatic rings. The van der Waals surface area contributed by atoms with E-state index in [2.05, 4.69) is 24.3 Å². The van der Waals surface area contributed by atoms with Crippen LogP contribution < -0.4 is 0 Å². The number of furan rings is 1. The highest BCUT2D eigenvalue weighted by molar-refractivity contribution is 5.76. The van der Waals surface area contributed by atoms with Crippen molar-refractivity contribution in [1.29, 1.82) is 0 Å². The average Bonchev–Trinajstić information content (AvgIpc) is 3.14. The molecule has 1 aliphatic rings. The van der Waals surface area contributed by atoms with Crippen LogP contribution in [0.2, 0.25) is 0 Å². The molecule has 0 saturated carbocycles. The fourth-order valence-electron chi connectivity index (χ4n) is 3.90. The Labute approximate surface area is 191 Å². The molecule has 3 rings (SSSR count). The number of fused-ring (bicyclic) bond motifs is 1. The molecule has 2 heterocycles. The maximum atomic E-state index is 12.7. The fourth-order valence-corrected chi connectivity index (χ4v) is 3.90. The number of ether oxygens (including phenoxy) is 1. The van der Waals surface area contributed by atoms with Gasteiger partial charge in [0.15, 0.2) is 0 Å². The van der Waals surface area contributed by atoms with Gasteiger partial charge in [0.1, 0.15) is 17.1 Å². The Bertz CT molecular complexity index is 898. The number of hydrogen-bond donors (Lipinski definition) is 0. The van der Waals surface area contributed by atoms with E-state index >= 15 is 0 Å². The smallest absolute Gasteiger partial charge is 0.410 e. The van der Waals surface area contributed by atoms with Crippen LogP contribution in [0.5, 0.6) is 0 Å². The highest BCUT2D eigenvalue weighted by Gasteiger charge is 2.25. The van der Waals surface area contributed by atoms with E-state index < -0.39 is 5.60 Å². The van der Waals surface area contributed by atoms with E-state index in [0.29, 0.717) is 19.5 Å². The minimum absolute atomic E-state index is 0.194. The van der Waals surface area contributed by atoms with Crippen molar-refractivity contribution in [2.24, 2.45) is 0 Å². The van der Waals surface area contributed by atoms with Crippen LogP contribution in [0.15, 0.2) is 40.8 Å². The van der Waals surface area contributed by atoms with Gasteiger partial charge in [-0.1, -0.05) is 36.8 Å². The van der Waals surface area contributed by atoms with Crippen molar-refractivity contribution in [2.75, 3.05) is 13.6 Å². The molecule has 0 unspecified atom stereocenters. The normalized spacial score (nSPS) is 13.6. The summed E-state index contributed by atoms with van der Waals surface area (Å²) in [7, 11) is 1.70. The van der Waals surface area contributed by atoms with Crippen LogP contribution in [0.1, 0.15) is 69.1 Å². The Morgan fingerprint density at radius 2 is 1.88 bits per heavy atom. The number of hydrogen-bond acceptors (Lipinski definition) is 4. The Hall–Kier alpha value is -2.76. The highest BCUT2D eigenvalue weighted by Crippen LogP contribution is 2.25. The van der Waals surface area contributed by atoms with Crippen molar-refractivity contribution < 1.29 is 18.7 Å². The number of rotatable bonds is 8. The Balaban J connectivity index is 1.42. The lowest BCUT2D eigenvalue weighted by Gasteiger charge is -2.26. The lowest BCUT2D eigenvalue weighted by molar-refractivity contribution is -0.132. The topological polar surface area (TPSA) is 63.0 Å². The van der Waals surface area contributed by atoms with Gasteiger partial charge < -0.3 is 19.0 Å². The molecule has 0 radical (unpaired) electrons. The molecular weight excluding hydrogens is 404 g/mol. The van der Waals surface area contributed by atoms with Crippen molar-refractivity contribution in [2.45, 2.75) is 78.0 Å². The quantitative estimate of drug-likeness (QED) is 0.520. The Morgan fingerprint density at radius 1 is 1.12 bits per heavy atom. The van der Waals surface area contributed by atoms with Crippen LogP contribution in [0.3, 0.4) is 0 Å². The molecule has 0 atom stereocenters. The molecule has 6 nitrogen and oxygen atoms in total. The van der Waals surface area contributed by atoms with E-state index in [0.717, 1.165) is 55.7 Å². The summed E-state index contributed by atoms with van der Waals surface area (Å²) in [5.74, 6) is 1.75. The van der Waals surface area contributed by atoms with E-state index in [1.54, 1.807) is 7.05 Å². The molecule has 1 aliphatic heterocycles. The molecule has 174 valence electrons. The lowest BCUT2D eigenvalue weighted by atomic mass is 10.0. The van der Waals surface area contributed by atoms with E-state index in [1.165, 1.54) is 10.5 Å². The number of carbonyl (C=O) groups is 2. The maximum absolute atomic E-state index is 12.7. The summed E-state index contributed by atoms with van der Waals surface area (Å²) in [6.07, 6.45) is 5.13. The van der Waals surface area contributed by atoms with Gasteiger partial charge >= 0.3 is 6.09 Å². The largest absolute Gasteiger partial charge is 0.462 e. The zero-order valence-corrected chi connectivity index (χ0v) is 19.9. The third-order valence-electron chi connectivity index (χ3n) is 5.58. The van der Waals surface area contributed by atoms with Gasteiger partial charge in [-0.15, -0.1) is 0 Å². The van der Waals surface area contributed by atoms with Crippen LogP contribution in [0, 0.1) is 0 Å². The van der Waals surface area contributed by atoms with Crippen LogP contribution in [-0.2, 0) is 35.5 Å². The highest BCUT2D eigenvalue weighted by atomic mass is 16.6. The minimum atomic E-state index is -0.532. The zero-order chi connectivity index (χ0) is 23.1. The fraction of sp³-hybridized carbons (Fsp3) is 0.538. The standard InChI is InChI=1S/C26H36N2O4/c1-26(2,3)32-25(30)27(4)18-22-17-21-15-16-28(19-23(21)31-22)24(29)14-10-6-9-13-20-11-7-5-8-12-20/h5,7-8,11-12,17H,6,9-10,13-16,18-19H2,1-4H3. The lowest BCUT2D eigenvalue weighted by Crippen LogP contribution is -2.35. The predicted octanol–water partition coefficient (Wildman–Crippen LogP) is 5.33. The van der Waals surface area contributed by atoms with Gasteiger partial charge in [0.2, 0.25) is 5.91 Å². The monoisotopic (exact) mass is 440 g/mol. The second-order valence-electron chi connectivity index (χ2n) is 9.61. The molecule has 32 heavy (non-hydrogen) atoms. The second-order valence-corrected chi connectivity index (χ2v) is 9.61. The molecule has 1 aromatic heterocycles. The van der Waals surface area contributed by atoms with Crippen molar-refractivity contribution in [3.63, 3.8) is 0 Å². The van der Waals surface area contributed by atoms with Gasteiger partial charge in [0, 0.05) is 20.0 Å². The van der Waals surface area contributed by atoms with Crippen LogP contribution >= 0.6 is 0 Å². The SMILES string of the molecule is CN(Cc1cc2c(o1)CN(C(=O)CCCCCc1ccccc1)CC2)C(=O)OC(C)(C)C. The van der Waals surface area contributed by atoms with E-state index in [4.69, 9.17) is 9.15 Å². The molecule has 0 saturated heterocycles. The summed E-state index contributed by atoms with van der Waals surface area (Å²) in [5.41, 5.74) is 1.95. The number of nitrogens with zero attached hydrogens (tertiary/aromatic N) is 2. The third kappa shape index (κ3) is 7.14. The summed E-state index contributed by atoms with van der Waals surface area (Å²) >= 11 is 0. The molecular formula is C26H36N2O4. The Kier molecular flexibility index (Phi) is 7.99. The summed E-state index contributed by atoms with van der Waals surface area (Å²) in [5, 5.41) is 0. The van der Waals surface area contributed by atoms with Crippen molar-refractivity contribution in [3.05, 3.63) is 59.0 Å². The van der Waals surface area contributed by atoms with Gasteiger partial charge in [-0.2, -0.15) is 0 Å². The van der Waals surface area contributed by atoms with Gasteiger partial charge in [0.25, 0.3) is 0 Å². The summed E-state index contributed by atoms with van der Waals surface area (Å²) in [6, 6.07) is 12.5. The molecule has 0 fully saturated rings. The number of carbonyl (C=O) groups excluding carboxylic acids is 2. The third-order valence-corrected chi connectivity index (χ3v) is 5.58. The summed E-state index contributed by atoms with van der Waals surface area (Å²) < 4.78 is 11.4. The minimum Gasteiger partial charge on any atom is -0.462 e. The first kappa shape index (κ1) is 23.9. The Morgan fingerprint density at radius 3 is 2.59 bits per heavy atom. The van der Waals surface area contributed by atoms with Crippen LogP contribution in [-0.4, -0.2) is 41.0 Å². The summed E-state index contributed by atoms with van der Waals surface area (Å²) in [4.78, 5) is 28.2. The van der Waals surface area contributed by atoms with E-state index in [1.807, 2.05) is 37.8 Å². The predicted molar refractivity (Wildman–Crippen MR) is 124 cm³/mol. The number of benzene rings is 1. The average molecular weight is 441 g/mol. The number of aryl methyl sites for hydroxylation is 1. The zero-order valence-electron chi connectivity index (χ0n) is 19.9. The summed E-state index contributed by atoms with van der Waals surface area (Å²) in [6.45, 7) is 7.11. The van der Waals surface area contributed by atoms with E-state index in [-0.39, 0.29) is 12.0 Å². The van der Waals surface area contributed by atoms with Crippen molar-refractivity contribution in [1.82, 2.24) is 9.80 Å². The molecule has 0 bridgehead atoms.